The second kappa shape index (κ2) is 15.4. The molecule has 2 saturated heterocycles. The number of carboxylic acid groups (broad SMARTS) is 1. The predicted octanol–water partition coefficient (Wildman–Crippen LogP) is 5.55. The van der Waals surface area contributed by atoms with E-state index in [0.717, 1.165) is 11.1 Å². The van der Waals surface area contributed by atoms with Crippen LogP contribution in [0, 0.1) is 17.6 Å². The lowest BCUT2D eigenvalue weighted by Gasteiger charge is -2.48. The normalized spacial score (nSPS) is 19.0. The molecule has 0 bridgehead atoms. The molecule has 0 aromatic heterocycles. The van der Waals surface area contributed by atoms with E-state index in [0.29, 0.717) is 42.5 Å². The summed E-state index contributed by atoms with van der Waals surface area (Å²) in [7, 11) is 0. The van der Waals surface area contributed by atoms with Crippen LogP contribution in [0.25, 0.3) is 0 Å². The SMILES string of the molecule is O=C(COC1(CCc2ccc(C3C(CCC(O)c4ccc(F)cc4)C(=O)N3c3ccc(F)cc3)cc2)COC1)NC(C(=O)O)c1ccc(O)cc1. The highest BCUT2D eigenvalue weighted by Crippen LogP contribution is 2.46. The molecule has 2 heterocycles. The number of anilines is 1. The number of aliphatic carboxylic acids is 1. The maximum Gasteiger partial charge on any atom is 0.330 e. The summed E-state index contributed by atoms with van der Waals surface area (Å²) in [5, 5.41) is 32.3. The van der Waals surface area contributed by atoms with Crippen LogP contribution >= 0.6 is 0 Å². The molecule has 266 valence electrons. The summed E-state index contributed by atoms with van der Waals surface area (Å²) in [5.41, 5.74) is 2.58. The molecular weight excluding hydrogens is 662 g/mol. The molecular formula is C39H38F2N2O8. The van der Waals surface area contributed by atoms with E-state index in [1.807, 2.05) is 24.3 Å². The van der Waals surface area contributed by atoms with Crippen LogP contribution in [0.15, 0.2) is 97.1 Å². The monoisotopic (exact) mass is 700 g/mol. The van der Waals surface area contributed by atoms with Crippen LogP contribution < -0.4 is 10.2 Å². The van der Waals surface area contributed by atoms with E-state index in [4.69, 9.17) is 9.47 Å². The Morgan fingerprint density at radius 1 is 0.902 bits per heavy atom. The molecule has 10 nitrogen and oxygen atoms in total. The van der Waals surface area contributed by atoms with E-state index in [2.05, 4.69) is 5.32 Å². The van der Waals surface area contributed by atoms with Gasteiger partial charge in [-0.3, -0.25) is 9.59 Å². The number of phenolic OH excluding ortho intramolecular Hbond substituents is 1. The number of aliphatic hydroxyl groups excluding tert-OH is 1. The van der Waals surface area contributed by atoms with Crippen LogP contribution in [-0.2, 0) is 30.3 Å². The van der Waals surface area contributed by atoms with Gasteiger partial charge in [-0.25, -0.2) is 13.6 Å². The summed E-state index contributed by atoms with van der Waals surface area (Å²) in [6, 6.07) is 23.0. The predicted molar refractivity (Wildman–Crippen MR) is 182 cm³/mol. The molecule has 2 aliphatic rings. The topological polar surface area (TPSA) is 146 Å². The van der Waals surface area contributed by atoms with Crippen molar-refractivity contribution in [3.63, 3.8) is 0 Å². The fourth-order valence-electron chi connectivity index (χ4n) is 6.55. The second-order valence-electron chi connectivity index (χ2n) is 13.0. The zero-order chi connectivity index (χ0) is 36.1. The number of carboxylic acids is 1. The molecule has 6 rings (SSSR count). The Bertz CT molecular complexity index is 1830. The molecule has 0 saturated carbocycles. The number of hydrogen-bond acceptors (Lipinski definition) is 7. The van der Waals surface area contributed by atoms with Gasteiger partial charge in [-0.1, -0.05) is 48.5 Å². The number of aromatic hydroxyl groups is 1. The Morgan fingerprint density at radius 3 is 2.10 bits per heavy atom. The molecule has 4 aromatic rings. The average molecular weight is 701 g/mol. The molecule has 0 radical (unpaired) electrons. The Kier molecular flexibility index (Phi) is 10.8. The van der Waals surface area contributed by atoms with Gasteiger partial charge in [-0.15, -0.1) is 0 Å². The number of hydrogen-bond donors (Lipinski definition) is 4. The van der Waals surface area contributed by atoms with Gasteiger partial charge in [0.15, 0.2) is 6.04 Å². The zero-order valence-corrected chi connectivity index (χ0v) is 27.6. The molecule has 4 atom stereocenters. The van der Waals surface area contributed by atoms with Crippen molar-refractivity contribution in [1.29, 1.82) is 0 Å². The molecule has 4 aromatic carbocycles. The number of benzene rings is 4. The largest absolute Gasteiger partial charge is 0.508 e. The molecule has 51 heavy (non-hydrogen) atoms. The minimum absolute atomic E-state index is 0.0239. The van der Waals surface area contributed by atoms with Gasteiger partial charge in [0.25, 0.3) is 0 Å². The van der Waals surface area contributed by atoms with Crippen LogP contribution in [0.5, 0.6) is 5.75 Å². The number of nitrogens with zero attached hydrogens (tertiary/aromatic N) is 1. The Balaban J connectivity index is 1.08. The Hall–Kier alpha value is -5.17. The van der Waals surface area contributed by atoms with Gasteiger partial charge in [0.2, 0.25) is 11.8 Å². The molecule has 12 heteroatoms. The number of aliphatic hydroxyl groups is 1. The number of carbonyl (C=O) groups excluding carboxylic acids is 2. The maximum absolute atomic E-state index is 13.7. The summed E-state index contributed by atoms with van der Waals surface area (Å²) in [6.07, 6.45) is 0.943. The van der Waals surface area contributed by atoms with Crippen LogP contribution in [0.4, 0.5) is 14.5 Å². The van der Waals surface area contributed by atoms with Gasteiger partial charge in [0.05, 0.1) is 31.3 Å². The number of aryl methyl sites for hydroxylation is 1. The first-order chi connectivity index (χ1) is 24.5. The first kappa shape index (κ1) is 35.6. The quantitative estimate of drug-likeness (QED) is 0.118. The fourth-order valence-corrected chi connectivity index (χ4v) is 6.55. The molecule has 2 fully saturated rings. The number of β-lactam (4-membered cyclic amide) rings is 1. The molecule has 2 aliphatic heterocycles. The van der Waals surface area contributed by atoms with Crippen LogP contribution in [0.3, 0.4) is 0 Å². The second-order valence-corrected chi connectivity index (χ2v) is 13.0. The smallest absolute Gasteiger partial charge is 0.330 e. The van der Waals surface area contributed by atoms with Crippen LogP contribution in [0.1, 0.15) is 59.7 Å². The first-order valence-corrected chi connectivity index (χ1v) is 16.7. The van der Waals surface area contributed by atoms with Gasteiger partial charge >= 0.3 is 5.97 Å². The lowest BCUT2D eigenvalue weighted by molar-refractivity contribution is -0.212. The third kappa shape index (κ3) is 8.25. The van der Waals surface area contributed by atoms with Gasteiger partial charge in [-0.2, -0.15) is 0 Å². The maximum atomic E-state index is 13.7. The standard InChI is InChI=1S/C39H38F2N2O8/c40-28-9-5-25(6-10-28)33(45)18-17-32-36(43(37(32)47)30-13-11-29(41)12-14-30)27-3-1-24(2-4-27)19-20-39(22-50-23-39)51-21-34(46)42-35(38(48)49)26-7-15-31(44)16-8-26/h1-16,32-33,35-36,44-45H,17-23H2,(H,42,46)(H,48,49). The third-order valence-corrected chi connectivity index (χ3v) is 9.53. The average Bonchev–Trinajstić information content (AvgIpc) is 3.10. The number of halogens is 2. The van der Waals surface area contributed by atoms with E-state index in [1.54, 1.807) is 17.0 Å². The van der Waals surface area contributed by atoms with Gasteiger partial charge in [0, 0.05) is 5.69 Å². The van der Waals surface area contributed by atoms with Gasteiger partial charge in [-0.05, 0) is 96.5 Å². The highest BCUT2D eigenvalue weighted by Gasteiger charge is 2.48. The Labute approximate surface area is 293 Å². The number of phenols is 1. The molecule has 4 unspecified atom stereocenters. The van der Waals surface area contributed by atoms with Crippen molar-refractivity contribution in [2.45, 2.75) is 49.5 Å². The van der Waals surface area contributed by atoms with Gasteiger partial charge in [0.1, 0.15) is 29.6 Å². The van der Waals surface area contributed by atoms with Crippen molar-refractivity contribution in [3.8, 4) is 5.75 Å². The number of carbonyl (C=O) groups is 3. The van der Waals surface area contributed by atoms with Gasteiger partial charge < -0.3 is 35.0 Å². The summed E-state index contributed by atoms with van der Waals surface area (Å²) in [5.74, 6) is -3.25. The number of nitrogens with one attached hydrogen (secondary N) is 1. The number of ether oxygens (including phenoxy) is 2. The zero-order valence-electron chi connectivity index (χ0n) is 27.6. The fraction of sp³-hybridized carbons (Fsp3) is 0.308. The van der Waals surface area contributed by atoms with Crippen molar-refractivity contribution in [3.05, 3.63) is 131 Å². The highest BCUT2D eigenvalue weighted by molar-refractivity contribution is 6.03. The Morgan fingerprint density at radius 2 is 1.51 bits per heavy atom. The van der Waals surface area contributed by atoms with Crippen molar-refractivity contribution >= 4 is 23.5 Å². The minimum atomic E-state index is -1.31. The van der Waals surface area contributed by atoms with Crippen molar-refractivity contribution in [1.82, 2.24) is 5.32 Å². The van der Waals surface area contributed by atoms with E-state index < -0.39 is 47.2 Å². The summed E-state index contributed by atoms with van der Waals surface area (Å²) in [6.45, 7) is 0.193. The van der Waals surface area contributed by atoms with E-state index >= 15 is 0 Å². The van der Waals surface area contributed by atoms with Crippen LogP contribution in [0.2, 0.25) is 0 Å². The highest BCUT2D eigenvalue weighted by atomic mass is 19.1. The summed E-state index contributed by atoms with van der Waals surface area (Å²) < 4.78 is 38.5. The van der Waals surface area contributed by atoms with E-state index in [1.165, 1.54) is 60.7 Å². The lowest BCUT2D eigenvalue weighted by atomic mass is 9.78. The number of rotatable bonds is 15. The number of amides is 2. The lowest BCUT2D eigenvalue weighted by Crippen LogP contribution is -2.55. The molecule has 2 amide bonds. The van der Waals surface area contributed by atoms with Crippen molar-refractivity contribution < 1.29 is 48.0 Å². The third-order valence-electron chi connectivity index (χ3n) is 9.53. The van der Waals surface area contributed by atoms with Crippen LogP contribution in [-0.4, -0.2) is 58.5 Å². The molecule has 0 aliphatic carbocycles. The molecule has 4 N–H and O–H groups in total. The first-order valence-electron chi connectivity index (χ1n) is 16.7. The summed E-state index contributed by atoms with van der Waals surface area (Å²) in [4.78, 5) is 39.6. The molecule has 0 spiro atoms. The van der Waals surface area contributed by atoms with Crippen molar-refractivity contribution in [2.24, 2.45) is 5.92 Å². The summed E-state index contributed by atoms with van der Waals surface area (Å²) >= 11 is 0. The minimum Gasteiger partial charge on any atom is -0.508 e. The van der Waals surface area contributed by atoms with E-state index in [9.17, 15) is 38.5 Å². The van der Waals surface area contributed by atoms with Crippen molar-refractivity contribution in [2.75, 3.05) is 24.7 Å². The van der Waals surface area contributed by atoms with E-state index in [-0.39, 0.29) is 37.5 Å².